The van der Waals surface area contributed by atoms with E-state index in [4.69, 9.17) is 10.7 Å². The number of aryl methyl sites for hydroxylation is 1. The number of nitrogens with two attached hydrogens (primary N) is 1. The second kappa shape index (κ2) is 6.37. The highest BCUT2D eigenvalue weighted by Crippen LogP contribution is 2.41. The Balaban J connectivity index is 1.95. The number of benzene rings is 2. The fourth-order valence-corrected chi connectivity index (χ4v) is 3.46. The second-order valence-corrected chi connectivity index (χ2v) is 6.82. The average Bonchev–Trinajstić information content (AvgIpc) is 3.17. The minimum atomic E-state index is -1.10. The monoisotopic (exact) mass is 379 g/mol. The SMILES string of the molecule is CC1=NC(c2cccc(-c3cccc(F)c3F)c2)(c2cnn(C)c2C)N=C1N. The van der Waals surface area contributed by atoms with E-state index >= 15 is 0 Å². The number of hydrogen-bond acceptors (Lipinski definition) is 4. The predicted octanol–water partition coefficient (Wildman–Crippen LogP) is 3.71. The third-order valence-corrected chi connectivity index (χ3v) is 5.12. The van der Waals surface area contributed by atoms with Gasteiger partial charge < -0.3 is 5.73 Å². The number of aromatic nitrogens is 2. The first-order chi connectivity index (χ1) is 13.3. The lowest BCUT2D eigenvalue weighted by Gasteiger charge is -2.24. The molecule has 0 bridgehead atoms. The summed E-state index contributed by atoms with van der Waals surface area (Å²) in [6, 6.07) is 11.2. The highest BCUT2D eigenvalue weighted by atomic mass is 19.2. The molecule has 1 atom stereocenters. The van der Waals surface area contributed by atoms with Crippen molar-refractivity contribution in [2.45, 2.75) is 19.5 Å². The van der Waals surface area contributed by atoms with Crippen LogP contribution in [0.25, 0.3) is 11.1 Å². The van der Waals surface area contributed by atoms with Gasteiger partial charge in [0.05, 0.1) is 11.9 Å². The fraction of sp³-hybridized carbons (Fsp3) is 0.190. The Labute approximate surface area is 161 Å². The zero-order valence-corrected chi connectivity index (χ0v) is 15.7. The lowest BCUT2D eigenvalue weighted by atomic mass is 9.90. The van der Waals surface area contributed by atoms with Crippen molar-refractivity contribution in [3.63, 3.8) is 0 Å². The van der Waals surface area contributed by atoms with Gasteiger partial charge in [0.25, 0.3) is 0 Å². The lowest BCUT2D eigenvalue weighted by Crippen LogP contribution is -2.23. The largest absolute Gasteiger partial charge is 0.382 e. The molecule has 3 aromatic rings. The molecule has 0 saturated carbocycles. The van der Waals surface area contributed by atoms with Gasteiger partial charge in [-0.3, -0.25) is 4.68 Å². The molecule has 2 aromatic carbocycles. The molecular formula is C21H19F2N5. The minimum Gasteiger partial charge on any atom is -0.382 e. The zero-order valence-electron chi connectivity index (χ0n) is 15.7. The van der Waals surface area contributed by atoms with E-state index in [1.54, 1.807) is 42.1 Å². The summed E-state index contributed by atoms with van der Waals surface area (Å²) in [4.78, 5) is 9.42. The summed E-state index contributed by atoms with van der Waals surface area (Å²) in [6.45, 7) is 3.72. The number of halogens is 2. The summed E-state index contributed by atoms with van der Waals surface area (Å²) < 4.78 is 29.8. The first-order valence-corrected chi connectivity index (χ1v) is 8.79. The molecular weight excluding hydrogens is 360 g/mol. The molecule has 5 nitrogen and oxygen atoms in total. The molecule has 0 radical (unpaired) electrons. The van der Waals surface area contributed by atoms with Crippen molar-refractivity contribution in [3.8, 4) is 11.1 Å². The quantitative estimate of drug-likeness (QED) is 0.754. The van der Waals surface area contributed by atoms with Crippen LogP contribution in [0.2, 0.25) is 0 Å². The van der Waals surface area contributed by atoms with Gasteiger partial charge in [0.2, 0.25) is 5.66 Å². The summed E-state index contributed by atoms with van der Waals surface area (Å²) in [5.74, 6) is -1.44. The zero-order chi connectivity index (χ0) is 20.1. The van der Waals surface area contributed by atoms with Gasteiger partial charge in [-0.25, -0.2) is 18.8 Å². The fourth-order valence-electron chi connectivity index (χ4n) is 3.46. The van der Waals surface area contributed by atoms with Crippen molar-refractivity contribution >= 4 is 11.5 Å². The molecule has 1 aromatic heterocycles. The van der Waals surface area contributed by atoms with E-state index in [1.807, 2.05) is 20.0 Å². The molecule has 1 aliphatic rings. The van der Waals surface area contributed by atoms with Crippen molar-refractivity contribution in [1.29, 1.82) is 0 Å². The summed E-state index contributed by atoms with van der Waals surface area (Å²) in [6.07, 6.45) is 1.71. The summed E-state index contributed by atoms with van der Waals surface area (Å²) in [5, 5.41) is 4.32. The molecule has 4 rings (SSSR count). The van der Waals surface area contributed by atoms with Crippen LogP contribution in [-0.2, 0) is 12.7 Å². The van der Waals surface area contributed by atoms with Crippen LogP contribution in [0.5, 0.6) is 0 Å². The summed E-state index contributed by atoms with van der Waals surface area (Å²) >= 11 is 0. The topological polar surface area (TPSA) is 68.6 Å². The first kappa shape index (κ1) is 18.0. The maximum Gasteiger partial charge on any atom is 0.207 e. The smallest absolute Gasteiger partial charge is 0.207 e. The van der Waals surface area contributed by atoms with Crippen LogP contribution in [0.4, 0.5) is 8.78 Å². The molecule has 0 spiro atoms. The van der Waals surface area contributed by atoms with Gasteiger partial charge in [-0.05, 0) is 31.5 Å². The molecule has 1 aliphatic heterocycles. The van der Waals surface area contributed by atoms with E-state index in [1.165, 1.54) is 6.07 Å². The predicted molar refractivity (Wildman–Crippen MR) is 105 cm³/mol. The number of amidine groups is 1. The van der Waals surface area contributed by atoms with Gasteiger partial charge in [0, 0.05) is 29.4 Å². The van der Waals surface area contributed by atoms with Crippen molar-refractivity contribution in [2.75, 3.05) is 0 Å². The van der Waals surface area contributed by atoms with Crippen molar-refractivity contribution in [3.05, 3.63) is 77.1 Å². The van der Waals surface area contributed by atoms with Crippen LogP contribution in [0.1, 0.15) is 23.7 Å². The average molecular weight is 379 g/mol. The van der Waals surface area contributed by atoms with Crippen LogP contribution in [0, 0.1) is 18.6 Å². The number of nitrogens with zero attached hydrogens (tertiary/aromatic N) is 4. The number of rotatable bonds is 3. The van der Waals surface area contributed by atoms with Crippen molar-refractivity contribution in [2.24, 2.45) is 22.8 Å². The Morgan fingerprint density at radius 1 is 1.04 bits per heavy atom. The van der Waals surface area contributed by atoms with E-state index in [9.17, 15) is 8.78 Å². The Morgan fingerprint density at radius 2 is 1.79 bits per heavy atom. The van der Waals surface area contributed by atoms with Gasteiger partial charge in [-0.1, -0.05) is 30.3 Å². The van der Waals surface area contributed by atoms with Crippen LogP contribution < -0.4 is 5.73 Å². The maximum absolute atomic E-state index is 14.3. The molecule has 0 saturated heterocycles. The van der Waals surface area contributed by atoms with E-state index in [0.29, 0.717) is 22.7 Å². The highest BCUT2D eigenvalue weighted by Gasteiger charge is 2.41. The van der Waals surface area contributed by atoms with Crippen LogP contribution in [0.3, 0.4) is 0 Å². The molecule has 0 amide bonds. The van der Waals surface area contributed by atoms with Crippen LogP contribution in [-0.4, -0.2) is 21.3 Å². The van der Waals surface area contributed by atoms with Gasteiger partial charge in [0.15, 0.2) is 11.6 Å². The first-order valence-electron chi connectivity index (χ1n) is 8.79. The normalized spacial score (nSPS) is 18.9. The molecule has 0 fully saturated rings. The summed E-state index contributed by atoms with van der Waals surface area (Å²) in [5.41, 5.74) is 8.65. The molecule has 1 unspecified atom stereocenters. The molecule has 0 aliphatic carbocycles. The Kier molecular flexibility index (Phi) is 4.10. The molecule has 2 N–H and O–H groups in total. The lowest BCUT2D eigenvalue weighted by molar-refractivity contribution is 0.511. The molecule has 7 heteroatoms. The van der Waals surface area contributed by atoms with E-state index in [0.717, 1.165) is 17.3 Å². The maximum atomic E-state index is 14.3. The second-order valence-electron chi connectivity index (χ2n) is 6.82. The van der Waals surface area contributed by atoms with Gasteiger partial charge in [-0.15, -0.1) is 0 Å². The molecule has 142 valence electrons. The third-order valence-electron chi connectivity index (χ3n) is 5.12. The van der Waals surface area contributed by atoms with E-state index in [2.05, 4.69) is 10.1 Å². The van der Waals surface area contributed by atoms with Crippen LogP contribution >= 0.6 is 0 Å². The van der Waals surface area contributed by atoms with Crippen molar-refractivity contribution in [1.82, 2.24) is 9.78 Å². The van der Waals surface area contributed by atoms with Gasteiger partial charge in [-0.2, -0.15) is 5.10 Å². The van der Waals surface area contributed by atoms with E-state index < -0.39 is 17.3 Å². The molecule has 2 heterocycles. The van der Waals surface area contributed by atoms with Gasteiger partial charge >= 0.3 is 0 Å². The third kappa shape index (κ3) is 2.62. The van der Waals surface area contributed by atoms with Crippen molar-refractivity contribution < 1.29 is 8.78 Å². The summed E-state index contributed by atoms with van der Waals surface area (Å²) in [7, 11) is 1.84. The Hall–Kier alpha value is -3.35. The minimum absolute atomic E-state index is 0.176. The van der Waals surface area contributed by atoms with E-state index in [-0.39, 0.29) is 5.56 Å². The molecule has 28 heavy (non-hydrogen) atoms. The number of aliphatic imine (C=N–C) groups is 2. The van der Waals surface area contributed by atoms with Gasteiger partial charge in [0.1, 0.15) is 5.84 Å². The highest BCUT2D eigenvalue weighted by molar-refractivity contribution is 6.41. The Bertz CT molecular complexity index is 1130. The van der Waals surface area contributed by atoms with Crippen LogP contribution in [0.15, 0.2) is 58.6 Å². The standard InChI is InChI=1S/C21H19F2N5/c1-12-20(24)27-21(26-12,17-11-25-28(3)13(17)2)15-7-4-6-14(10-15)16-8-5-9-18(22)19(16)23/h4-11H,1-3H3,(H2,24,27). The Morgan fingerprint density at radius 3 is 2.43 bits per heavy atom. The number of hydrogen-bond donors (Lipinski definition) is 1.